The summed E-state index contributed by atoms with van der Waals surface area (Å²) in [5, 5.41) is 7.72. The summed E-state index contributed by atoms with van der Waals surface area (Å²) in [6.07, 6.45) is 1.15. The van der Waals surface area contributed by atoms with Crippen LogP contribution in [-0.4, -0.2) is 44.2 Å². The number of halogens is 1. The molecule has 2 rings (SSSR count). The van der Waals surface area contributed by atoms with Crippen molar-refractivity contribution < 1.29 is 0 Å². The van der Waals surface area contributed by atoms with Gasteiger partial charge in [0.1, 0.15) is 0 Å². The second-order valence-corrected chi connectivity index (χ2v) is 5.45. The van der Waals surface area contributed by atoms with Gasteiger partial charge in [-0.05, 0) is 38.1 Å². The van der Waals surface area contributed by atoms with Crippen molar-refractivity contribution in [2.45, 2.75) is 19.4 Å². The van der Waals surface area contributed by atoms with Gasteiger partial charge in [-0.25, -0.2) is 0 Å². The van der Waals surface area contributed by atoms with Gasteiger partial charge in [0, 0.05) is 42.9 Å². The number of nitrogens with one attached hydrogen (secondary N) is 2. The lowest BCUT2D eigenvalue weighted by Crippen LogP contribution is -2.49. The van der Waals surface area contributed by atoms with Crippen molar-refractivity contribution in [1.29, 1.82) is 0 Å². The average molecular weight is 268 g/mol. The Morgan fingerprint density at radius 1 is 1.50 bits per heavy atom. The fraction of sp³-hybridized carbons (Fsp3) is 0.571. The van der Waals surface area contributed by atoms with Crippen LogP contribution in [0.4, 0.5) is 5.69 Å². The molecular formula is C14H22ClN3. The monoisotopic (exact) mass is 267 g/mol. The minimum absolute atomic E-state index is 0.630. The fourth-order valence-electron chi connectivity index (χ4n) is 2.34. The molecule has 1 aromatic rings. The van der Waals surface area contributed by atoms with E-state index in [0.29, 0.717) is 6.04 Å². The van der Waals surface area contributed by atoms with E-state index in [4.69, 9.17) is 11.6 Å². The van der Waals surface area contributed by atoms with E-state index < -0.39 is 0 Å². The van der Waals surface area contributed by atoms with Crippen LogP contribution in [0.5, 0.6) is 0 Å². The number of hydrogen-bond acceptors (Lipinski definition) is 3. The molecule has 1 saturated heterocycles. The summed E-state index contributed by atoms with van der Waals surface area (Å²) >= 11 is 6.01. The number of aryl methyl sites for hydroxylation is 1. The molecule has 1 aliphatic heterocycles. The van der Waals surface area contributed by atoms with Crippen LogP contribution < -0.4 is 10.6 Å². The third-order valence-corrected chi connectivity index (χ3v) is 3.87. The van der Waals surface area contributed by atoms with Crippen LogP contribution in [0.15, 0.2) is 18.2 Å². The lowest BCUT2D eigenvalue weighted by atomic mass is 10.1. The van der Waals surface area contributed by atoms with E-state index in [-0.39, 0.29) is 0 Å². The number of benzene rings is 1. The van der Waals surface area contributed by atoms with Gasteiger partial charge in [0.25, 0.3) is 0 Å². The largest absolute Gasteiger partial charge is 0.385 e. The first-order chi connectivity index (χ1) is 8.66. The maximum atomic E-state index is 6.01. The standard InChI is InChI=1S/C14H22ClN3/c1-11-3-4-12(15)9-14(11)17-6-5-13-10-16-7-8-18(13)2/h3-4,9,13,16-17H,5-8,10H2,1-2H3. The summed E-state index contributed by atoms with van der Waals surface area (Å²) in [5.41, 5.74) is 2.39. The van der Waals surface area contributed by atoms with Crippen molar-refractivity contribution >= 4 is 17.3 Å². The van der Waals surface area contributed by atoms with E-state index in [9.17, 15) is 0 Å². The highest BCUT2D eigenvalue weighted by atomic mass is 35.5. The molecule has 0 aromatic heterocycles. The third-order valence-electron chi connectivity index (χ3n) is 3.64. The SMILES string of the molecule is Cc1ccc(Cl)cc1NCCC1CNCCN1C. The maximum absolute atomic E-state index is 6.01. The van der Waals surface area contributed by atoms with E-state index in [2.05, 4.69) is 35.6 Å². The Bertz CT molecular complexity index is 395. The maximum Gasteiger partial charge on any atom is 0.0426 e. The van der Waals surface area contributed by atoms with Crippen molar-refractivity contribution in [3.8, 4) is 0 Å². The molecule has 0 saturated carbocycles. The van der Waals surface area contributed by atoms with Crippen molar-refractivity contribution in [3.05, 3.63) is 28.8 Å². The first-order valence-corrected chi connectivity index (χ1v) is 6.95. The summed E-state index contributed by atoms with van der Waals surface area (Å²) in [6.45, 7) is 6.42. The normalized spacial score (nSPS) is 20.9. The number of rotatable bonds is 4. The molecule has 100 valence electrons. The predicted molar refractivity (Wildman–Crippen MR) is 78.6 cm³/mol. The second-order valence-electron chi connectivity index (χ2n) is 5.01. The predicted octanol–water partition coefficient (Wildman–Crippen LogP) is 2.35. The van der Waals surface area contributed by atoms with Gasteiger partial charge < -0.3 is 15.5 Å². The number of hydrogen-bond donors (Lipinski definition) is 2. The van der Waals surface area contributed by atoms with E-state index in [1.54, 1.807) is 0 Å². The zero-order chi connectivity index (χ0) is 13.0. The fourth-order valence-corrected chi connectivity index (χ4v) is 2.52. The Kier molecular flexibility index (Phi) is 4.87. The Hall–Kier alpha value is -0.770. The second kappa shape index (κ2) is 6.41. The zero-order valence-electron chi connectivity index (χ0n) is 11.2. The molecule has 1 atom stereocenters. The highest BCUT2D eigenvalue weighted by Crippen LogP contribution is 2.20. The molecule has 1 fully saturated rings. The first-order valence-electron chi connectivity index (χ1n) is 6.58. The summed E-state index contributed by atoms with van der Waals surface area (Å²) in [6, 6.07) is 6.62. The van der Waals surface area contributed by atoms with Gasteiger partial charge in [0.15, 0.2) is 0 Å². The Labute approximate surface area is 115 Å². The molecule has 18 heavy (non-hydrogen) atoms. The molecule has 0 radical (unpaired) electrons. The molecule has 0 aliphatic carbocycles. The van der Waals surface area contributed by atoms with E-state index >= 15 is 0 Å². The number of likely N-dealkylation sites (N-methyl/N-ethyl adjacent to an activating group) is 1. The topological polar surface area (TPSA) is 27.3 Å². The molecule has 3 nitrogen and oxygen atoms in total. The minimum atomic E-state index is 0.630. The smallest absolute Gasteiger partial charge is 0.0426 e. The van der Waals surface area contributed by atoms with Gasteiger partial charge in [-0.3, -0.25) is 0 Å². The van der Waals surface area contributed by atoms with Crippen molar-refractivity contribution in [1.82, 2.24) is 10.2 Å². The molecule has 1 heterocycles. The minimum Gasteiger partial charge on any atom is -0.385 e. The average Bonchev–Trinajstić information content (AvgIpc) is 2.36. The Morgan fingerprint density at radius 2 is 2.33 bits per heavy atom. The Balaban J connectivity index is 1.82. The van der Waals surface area contributed by atoms with Crippen LogP contribution in [0.3, 0.4) is 0 Å². The van der Waals surface area contributed by atoms with E-state index in [1.807, 2.05) is 12.1 Å². The third kappa shape index (κ3) is 3.61. The van der Waals surface area contributed by atoms with Gasteiger partial charge >= 0.3 is 0 Å². The molecule has 1 aliphatic rings. The van der Waals surface area contributed by atoms with E-state index in [1.165, 1.54) is 5.56 Å². The Morgan fingerprint density at radius 3 is 3.11 bits per heavy atom. The quantitative estimate of drug-likeness (QED) is 0.877. The lowest BCUT2D eigenvalue weighted by Gasteiger charge is -2.33. The molecule has 2 N–H and O–H groups in total. The summed E-state index contributed by atoms with van der Waals surface area (Å²) in [7, 11) is 2.20. The molecular weight excluding hydrogens is 246 g/mol. The van der Waals surface area contributed by atoms with Gasteiger partial charge in [0.2, 0.25) is 0 Å². The van der Waals surface area contributed by atoms with E-state index in [0.717, 1.165) is 43.3 Å². The molecule has 0 spiro atoms. The molecule has 4 heteroatoms. The van der Waals surface area contributed by atoms with Crippen LogP contribution in [0.1, 0.15) is 12.0 Å². The zero-order valence-corrected chi connectivity index (χ0v) is 11.9. The lowest BCUT2D eigenvalue weighted by molar-refractivity contribution is 0.194. The molecule has 1 unspecified atom stereocenters. The molecule has 1 aromatic carbocycles. The van der Waals surface area contributed by atoms with Gasteiger partial charge in [-0.15, -0.1) is 0 Å². The summed E-state index contributed by atoms with van der Waals surface area (Å²) < 4.78 is 0. The van der Waals surface area contributed by atoms with Gasteiger partial charge in [-0.2, -0.15) is 0 Å². The number of piperazine rings is 1. The van der Waals surface area contributed by atoms with Crippen molar-refractivity contribution in [2.24, 2.45) is 0 Å². The van der Waals surface area contributed by atoms with Crippen LogP contribution in [0.25, 0.3) is 0 Å². The number of nitrogens with zero attached hydrogens (tertiary/aromatic N) is 1. The van der Waals surface area contributed by atoms with Gasteiger partial charge in [-0.1, -0.05) is 17.7 Å². The summed E-state index contributed by atoms with van der Waals surface area (Å²) in [5.74, 6) is 0. The van der Waals surface area contributed by atoms with Crippen LogP contribution in [0.2, 0.25) is 5.02 Å². The molecule has 0 amide bonds. The van der Waals surface area contributed by atoms with Crippen LogP contribution in [0, 0.1) is 6.92 Å². The van der Waals surface area contributed by atoms with Crippen molar-refractivity contribution in [3.63, 3.8) is 0 Å². The highest BCUT2D eigenvalue weighted by Gasteiger charge is 2.17. The first kappa shape index (κ1) is 13.7. The molecule has 0 bridgehead atoms. The number of anilines is 1. The summed E-state index contributed by atoms with van der Waals surface area (Å²) in [4.78, 5) is 2.43. The highest BCUT2D eigenvalue weighted by molar-refractivity contribution is 6.30. The van der Waals surface area contributed by atoms with Crippen LogP contribution in [-0.2, 0) is 0 Å². The van der Waals surface area contributed by atoms with Gasteiger partial charge in [0.05, 0.1) is 0 Å². The van der Waals surface area contributed by atoms with Crippen LogP contribution >= 0.6 is 11.6 Å². The van der Waals surface area contributed by atoms with Crippen molar-refractivity contribution in [2.75, 3.05) is 38.5 Å².